The van der Waals surface area contributed by atoms with Crippen LogP contribution in [0.25, 0.3) is 0 Å². The number of nitrogens with zero attached hydrogens (tertiary/aromatic N) is 3. The molecule has 1 aromatic carbocycles. The van der Waals surface area contributed by atoms with E-state index in [0.29, 0.717) is 16.6 Å². The van der Waals surface area contributed by atoms with E-state index in [-0.39, 0.29) is 22.6 Å². The zero-order valence-electron chi connectivity index (χ0n) is 15.6. The highest BCUT2D eigenvalue weighted by Crippen LogP contribution is 2.23. The summed E-state index contributed by atoms with van der Waals surface area (Å²) < 4.78 is 5.89. The summed E-state index contributed by atoms with van der Waals surface area (Å²) in [5, 5.41) is 13.9. The lowest BCUT2D eigenvalue weighted by atomic mass is 10.2. The van der Waals surface area contributed by atoms with Crippen LogP contribution in [0.1, 0.15) is 15.4 Å². The highest BCUT2D eigenvalue weighted by atomic mass is 32.2. The standard InChI is InChI=1S/C18H23N5O3S2/c1-13-2-4-14(5-3-13)20-16(25)17-21-22-18(28-17)27-12-15(24)19-6-7-23-8-10-26-11-9-23/h2-5H,6-12H2,1H3,(H,19,24)(H,20,25). The first-order valence-electron chi connectivity index (χ1n) is 9.01. The van der Waals surface area contributed by atoms with Gasteiger partial charge in [0.15, 0.2) is 4.34 Å². The minimum absolute atomic E-state index is 0.0564. The quantitative estimate of drug-likeness (QED) is 0.626. The summed E-state index contributed by atoms with van der Waals surface area (Å²) >= 11 is 2.46. The van der Waals surface area contributed by atoms with Crippen molar-refractivity contribution in [1.29, 1.82) is 0 Å². The summed E-state index contributed by atoms with van der Waals surface area (Å²) in [6.45, 7) is 6.73. The van der Waals surface area contributed by atoms with E-state index in [1.807, 2.05) is 31.2 Å². The summed E-state index contributed by atoms with van der Waals surface area (Å²) in [7, 11) is 0. The number of anilines is 1. The third-order valence-corrected chi connectivity index (χ3v) is 6.15. The second-order valence-electron chi connectivity index (χ2n) is 6.29. The molecule has 0 radical (unpaired) electrons. The Morgan fingerprint density at radius 2 is 1.96 bits per heavy atom. The van der Waals surface area contributed by atoms with Crippen molar-refractivity contribution in [3.05, 3.63) is 34.8 Å². The summed E-state index contributed by atoms with van der Waals surface area (Å²) in [6.07, 6.45) is 0. The topological polar surface area (TPSA) is 96.5 Å². The fourth-order valence-corrected chi connectivity index (χ4v) is 4.11. The normalized spacial score (nSPS) is 14.6. The van der Waals surface area contributed by atoms with Gasteiger partial charge in [0.25, 0.3) is 5.91 Å². The molecule has 0 saturated carbocycles. The Morgan fingerprint density at radius 3 is 2.71 bits per heavy atom. The van der Waals surface area contributed by atoms with Crippen molar-refractivity contribution in [2.75, 3.05) is 50.5 Å². The molecule has 28 heavy (non-hydrogen) atoms. The lowest BCUT2D eigenvalue weighted by Crippen LogP contribution is -2.41. The summed E-state index contributed by atoms with van der Waals surface area (Å²) in [4.78, 5) is 26.5. The molecule has 1 saturated heterocycles. The van der Waals surface area contributed by atoms with Crippen LogP contribution in [-0.2, 0) is 9.53 Å². The van der Waals surface area contributed by atoms with Crippen LogP contribution in [-0.4, -0.2) is 72.1 Å². The Balaban J connectivity index is 1.38. The number of nitrogens with one attached hydrogen (secondary N) is 2. The molecule has 0 bridgehead atoms. The predicted molar refractivity (Wildman–Crippen MR) is 110 cm³/mol. The van der Waals surface area contributed by atoms with Gasteiger partial charge >= 0.3 is 0 Å². The van der Waals surface area contributed by atoms with E-state index >= 15 is 0 Å². The number of hydrogen-bond acceptors (Lipinski definition) is 8. The van der Waals surface area contributed by atoms with E-state index < -0.39 is 0 Å². The molecule has 0 unspecified atom stereocenters. The SMILES string of the molecule is Cc1ccc(NC(=O)c2nnc(SCC(=O)NCCN3CCOCC3)s2)cc1. The maximum absolute atomic E-state index is 12.2. The van der Waals surface area contributed by atoms with Crippen molar-refractivity contribution in [3.63, 3.8) is 0 Å². The predicted octanol–water partition coefficient (Wildman–Crippen LogP) is 1.64. The molecule has 0 spiro atoms. The van der Waals surface area contributed by atoms with E-state index in [9.17, 15) is 9.59 Å². The Kier molecular flexibility index (Phi) is 7.78. The molecule has 1 aromatic heterocycles. The lowest BCUT2D eigenvalue weighted by molar-refractivity contribution is -0.118. The van der Waals surface area contributed by atoms with Gasteiger partial charge in [0.05, 0.1) is 19.0 Å². The van der Waals surface area contributed by atoms with Crippen LogP contribution in [0.2, 0.25) is 0 Å². The minimum Gasteiger partial charge on any atom is -0.379 e. The maximum atomic E-state index is 12.2. The molecule has 10 heteroatoms. The van der Waals surface area contributed by atoms with E-state index in [1.54, 1.807) is 0 Å². The molecule has 2 heterocycles. The zero-order valence-corrected chi connectivity index (χ0v) is 17.3. The van der Waals surface area contributed by atoms with E-state index in [2.05, 4.69) is 25.7 Å². The Hall–Kier alpha value is -2.01. The molecule has 1 aliphatic heterocycles. The average Bonchev–Trinajstić information content (AvgIpc) is 3.18. The second kappa shape index (κ2) is 10.5. The highest BCUT2D eigenvalue weighted by molar-refractivity contribution is 8.01. The Morgan fingerprint density at radius 1 is 1.21 bits per heavy atom. The first kappa shape index (κ1) is 20.7. The summed E-state index contributed by atoms with van der Waals surface area (Å²) in [6, 6.07) is 7.53. The smallest absolute Gasteiger partial charge is 0.286 e. The van der Waals surface area contributed by atoms with Crippen LogP contribution < -0.4 is 10.6 Å². The molecule has 150 valence electrons. The van der Waals surface area contributed by atoms with Gasteiger partial charge in [0.1, 0.15) is 0 Å². The molecular weight excluding hydrogens is 398 g/mol. The van der Waals surface area contributed by atoms with Gasteiger partial charge < -0.3 is 15.4 Å². The second-order valence-corrected chi connectivity index (χ2v) is 8.49. The number of hydrogen-bond donors (Lipinski definition) is 2. The molecule has 2 aromatic rings. The van der Waals surface area contributed by atoms with Crippen molar-refractivity contribution in [3.8, 4) is 0 Å². The molecule has 2 amide bonds. The average molecular weight is 422 g/mol. The van der Waals surface area contributed by atoms with Gasteiger partial charge in [-0.1, -0.05) is 40.8 Å². The van der Waals surface area contributed by atoms with Crippen LogP contribution in [0.3, 0.4) is 0 Å². The number of carbonyl (C=O) groups is 2. The molecule has 2 N–H and O–H groups in total. The molecule has 1 aliphatic rings. The number of aryl methyl sites for hydroxylation is 1. The van der Waals surface area contributed by atoms with Crippen molar-refractivity contribution in [2.45, 2.75) is 11.3 Å². The number of rotatable bonds is 8. The number of ether oxygens (including phenoxy) is 1. The number of amides is 2. The lowest BCUT2D eigenvalue weighted by Gasteiger charge is -2.26. The molecular formula is C18H23N5O3S2. The fraction of sp³-hybridized carbons (Fsp3) is 0.444. The van der Waals surface area contributed by atoms with Crippen LogP contribution in [0.15, 0.2) is 28.6 Å². The number of carbonyl (C=O) groups excluding carboxylic acids is 2. The summed E-state index contributed by atoms with van der Waals surface area (Å²) in [5.74, 6) is -0.112. The van der Waals surface area contributed by atoms with Crippen molar-refractivity contribution < 1.29 is 14.3 Å². The van der Waals surface area contributed by atoms with Gasteiger partial charge in [-0.15, -0.1) is 10.2 Å². The number of morpholine rings is 1. The van der Waals surface area contributed by atoms with E-state index in [0.717, 1.165) is 38.4 Å². The van der Waals surface area contributed by atoms with E-state index in [4.69, 9.17) is 4.74 Å². The number of aromatic nitrogens is 2. The van der Waals surface area contributed by atoms with Crippen LogP contribution in [0, 0.1) is 6.92 Å². The first-order chi connectivity index (χ1) is 13.6. The molecule has 3 rings (SSSR count). The van der Waals surface area contributed by atoms with Gasteiger partial charge in [0, 0.05) is 31.9 Å². The molecule has 0 aliphatic carbocycles. The fourth-order valence-electron chi connectivity index (χ4n) is 2.54. The highest BCUT2D eigenvalue weighted by Gasteiger charge is 2.15. The Bertz CT molecular complexity index is 791. The molecule has 0 atom stereocenters. The zero-order chi connectivity index (χ0) is 19.8. The number of thioether (sulfide) groups is 1. The van der Waals surface area contributed by atoms with E-state index in [1.165, 1.54) is 23.1 Å². The van der Waals surface area contributed by atoms with Gasteiger partial charge in [0.2, 0.25) is 10.9 Å². The monoisotopic (exact) mass is 421 g/mol. The van der Waals surface area contributed by atoms with Gasteiger partial charge in [-0.05, 0) is 19.1 Å². The van der Waals surface area contributed by atoms with Crippen LogP contribution in [0.5, 0.6) is 0 Å². The van der Waals surface area contributed by atoms with Crippen molar-refractivity contribution in [1.82, 2.24) is 20.4 Å². The van der Waals surface area contributed by atoms with Crippen molar-refractivity contribution >= 4 is 40.6 Å². The van der Waals surface area contributed by atoms with Gasteiger partial charge in [-0.2, -0.15) is 0 Å². The molecule has 8 nitrogen and oxygen atoms in total. The van der Waals surface area contributed by atoms with Gasteiger partial charge in [-0.3, -0.25) is 14.5 Å². The largest absolute Gasteiger partial charge is 0.379 e. The third-order valence-electron chi connectivity index (χ3n) is 4.09. The maximum Gasteiger partial charge on any atom is 0.286 e. The first-order valence-corrected chi connectivity index (χ1v) is 10.8. The minimum atomic E-state index is -0.303. The third kappa shape index (κ3) is 6.55. The number of benzene rings is 1. The molecule has 1 fully saturated rings. The Labute approximate surface area is 172 Å². The van der Waals surface area contributed by atoms with Crippen LogP contribution in [0.4, 0.5) is 5.69 Å². The van der Waals surface area contributed by atoms with Gasteiger partial charge in [-0.25, -0.2) is 0 Å². The summed E-state index contributed by atoms with van der Waals surface area (Å²) in [5.41, 5.74) is 1.83. The van der Waals surface area contributed by atoms with Crippen molar-refractivity contribution in [2.24, 2.45) is 0 Å². The van der Waals surface area contributed by atoms with Crippen LogP contribution >= 0.6 is 23.1 Å².